The molecule has 2 aromatic heterocycles. The summed E-state index contributed by atoms with van der Waals surface area (Å²) in [6.45, 7) is 5.74. The van der Waals surface area contributed by atoms with Gasteiger partial charge in [-0.1, -0.05) is 32.0 Å². The molecular formula is C21H23N3O. The van der Waals surface area contributed by atoms with Gasteiger partial charge < -0.3 is 4.90 Å². The summed E-state index contributed by atoms with van der Waals surface area (Å²) in [5, 5.41) is 0.905. The van der Waals surface area contributed by atoms with E-state index in [2.05, 4.69) is 18.8 Å². The number of hydrogen-bond acceptors (Lipinski definition) is 3. The summed E-state index contributed by atoms with van der Waals surface area (Å²) in [5.41, 5.74) is 3.33. The number of para-hydroxylation sites is 1. The third-order valence-electron chi connectivity index (χ3n) is 4.20. The van der Waals surface area contributed by atoms with Gasteiger partial charge in [-0.15, -0.1) is 0 Å². The molecule has 2 heterocycles. The highest BCUT2D eigenvalue weighted by atomic mass is 16.2. The molecule has 3 rings (SSSR count). The number of amides is 1. The highest BCUT2D eigenvalue weighted by Gasteiger charge is 2.19. The van der Waals surface area contributed by atoms with Crippen LogP contribution in [-0.2, 0) is 0 Å². The second-order valence-electron chi connectivity index (χ2n) is 6.10. The molecule has 0 aliphatic rings. The Morgan fingerprint density at radius 2 is 1.68 bits per heavy atom. The van der Waals surface area contributed by atoms with Gasteiger partial charge in [0, 0.05) is 36.4 Å². The fourth-order valence-corrected chi connectivity index (χ4v) is 3.05. The van der Waals surface area contributed by atoms with E-state index in [1.165, 1.54) is 0 Å². The van der Waals surface area contributed by atoms with Crippen LogP contribution in [0.3, 0.4) is 0 Å². The zero-order chi connectivity index (χ0) is 17.6. The van der Waals surface area contributed by atoms with E-state index in [9.17, 15) is 4.79 Å². The average Bonchev–Trinajstić information content (AvgIpc) is 2.67. The first-order valence-corrected chi connectivity index (χ1v) is 8.84. The van der Waals surface area contributed by atoms with Gasteiger partial charge in [0.2, 0.25) is 0 Å². The van der Waals surface area contributed by atoms with Crippen LogP contribution in [0.15, 0.2) is 54.9 Å². The van der Waals surface area contributed by atoms with Gasteiger partial charge >= 0.3 is 0 Å². The number of rotatable bonds is 6. The number of pyridine rings is 2. The lowest BCUT2D eigenvalue weighted by Gasteiger charge is -2.22. The van der Waals surface area contributed by atoms with E-state index in [0.717, 1.165) is 53.7 Å². The van der Waals surface area contributed by atoms with E-state index in [1.807, 2.05) is 47.4 Å². The maximum atomic E-state index is 13.2. The van der Waals surface area contributed by atoms with E-state index in [0.29, 0.717) is 0 Å². The smallest absolute Gasteiger partial charge is 0.254 e. The Morgan fingerprint density at radius 3 is 2.36 bits per heavy atom. The summed E-state index contributed by atoms with van der Waals surface area (Å²) in [6, 6.07) is 13.6. The molecule has 0 bridgehead atoms. The van der Waals surface area contributed by atoms with Gasteiger partial charge in [0.25, 0.3) is 5.91 Å². The summed E-state index contributed by atoms with van der Waals surface area (Å²) in [6.07, 6.45) is 5.39. The third kappa shape index (κ3) is 3.68. The van der Waals surface area contributed by atoms with E-state index < -0.39 is 0 Å². The number of benzene rings is 1. The standard InChI is InChI=1S/C21H23N3O/c1-3-13-24(14-4-2)21(25)18-15-20(16-9-11-22-12-10-16)23-19-8-6-5-7-17(18)19/h5-12,15H,3-4,13-14H2,1-2H3. The van der Waals surface area contributed by atoms with Crippen molar-refractivity contribution >= 4 is 16.8 Å². The van der Waals surface area contributed by atoms with Crippen molar-refractivity contribution < 1.29 is 4.79 Å². The van der Waals surface area contributed by atoms with Crippen LogP contribution in [0.2, 0.25) is 0 Å². The van der Waals surface area contributed by atoms with Crippen molar-refractivity contribution in [2.24, 2.45) is 0 Å². The summed E-state index contributed by atoms with van der Waals surface area (Å²) < 4.78 is 0. The van der Waals surface area contributed by atoms with Crippen LogP contribution in [0.1, 0.15) is 37.0 Å². The fourth-order valence-electron chi connectivity index (χ4n) is 3.05. The van der Waals surface area contributed by atoms with Gasteiger partial charge in [-0.25, -0.2) is 4.98 Å². The zero-order valence-corrected chi connectivity index (χ0v) is 14.8. The van der Waals surface area contributed by atoms with Crippen LogP contribution >= 0.6 is 0 Å². The van der Waals surface area contributed by atoms with Crippen LogP contribution in [0.4, 0.5) is 0 Å². The molecule has 0 aliphatic heterocycles. The van der Waals surface area contributed by atoms with Gasteiger partial charge in [0.05, 0.1) is 16.8 Å². The van der Waals surface area contributed by atoms with Crippen LogP contribution in [0, 0.1) is 0 Å². The predicted molar refractivity (Wildman–Crippen MR) is 101 cm³/mol. The molecule has 0 aliphatic carbocycles. The first kappa shape index (κ1) is 17.1. The highest BCUT2D eigenvalue weighted by molar-refractivity contribution is 6.07. The Hall–Kier alpha value is -2.75. The van der Waals surface area contributed by atoms with Gasteiger partial charge in [0.1, 0.15) is 0 Å². The number of fused-ring (bicyclic) bond motifs is 1. The monoisotopic (exact) mass is 333 g/mol. The molecule has 0 fully saturated rings. The molecule has 0 spiro atoms. The summed E-state index contributed by atoms with van der Waals surface area (Å²) in [5.74, 6) is 0.0811. The Balaban J connectivity index is 2.14. The van der Waals surface area contributed by atoms with Crippen molar-refractivity contribution in [3.63, 3.8) is 0 Å². The van der Waals surface area contributed by atoms with Crippen molar-refractivity contribution in [1.82, 2.24) is 14.9 Å². The Labute approximate surface area is 148 Å². The minimum Gasteiger partial charge on any atom is -0.339 e. The minimum absolute atomic E-state index is 0.0811. The van der Waals surface area contributed by atoms with Crippen LogP contribution in [0.25, 0.3) is 22.2 Å². The molecule has 1 amide bonds. The second kappa shape index (κ2) is 7.88. The van der Waals surface area contributed by atoms with E-state index in [4.69, 9.17) is 4.98 Å². The summed E-state index contributed by atoms with van der Waals surface area (Å²) in [4.78, 5) is 24.0. The average molecular weight is 333 g/mol. The summed E-state index contributed by atoms with van der Waals surface area (Å²) in [7, 11) is 0. The number of hydrogen-bond donors (Lipinski definition) is 0. The molecule has 0 saturated heterocycles. The van der Waals surface area contributed by atoms with E-state index in [-0.39, 0.29) is 5.91 Å². The van der Waals surface area contributed by atoms with Gasteiger partial charge in [0.15, 0.2) is 0 Å². The Kier molecular flexibility index (Phi) is 5.39. The van der Waals surface area contributed by atoms with Crippen molar-refractivity contribution in [1.29, 1.82) is 0 Å². The van der Waals surface area contributed by atoms with Crippen molar-refractivity contribution in [3.05, 3.63) is 60.4 Å². The number of carbonyl (C=O) groups is 1. The Morgan fingerprint density at radius 1 is 1.00 bits per heavy atom. The molecule has 128 valence electrons. The molecule has 4 heteroatoms. The number of nitrogens with zero attached hydrogens (tertiary/aromatic N) is 3. The molecule has 25 heavy (non-hydrogen) atoms. The molecule has 0 radical (unpaired) electrons. The predicted octanol–water partition coefficient (Wildman–Crippen LogP) is 4.56. The minimum atomic E-state index is 0.0811. The van der Waals surface area contributed by atoms with Crippen molar-refractivity contribution in [3.8, 4) is 11.3 Å². The summed E-state index contributed by atoms with van der Waals surface area (Å²) >= 11 is 0. The first-order chi connectivity index (χ1) is 12.2. The zero-order valence-electron chi connectivity index (χ0n) is 14.8. The SMILES string of the molecule is CCCN(CCC)C(=O)c1cc(-c2ccncc2)nc2ccccc12. The molecule has 0 atom stereocenters. The molecule has 0 saturated carbocycles. The quantitative estimate of drug-likeness (QED) is 0.664. The van der Waals surface area contributed by atoms with E-state index >= 15 is 0 Å². The lowest BCUT2D eigenvalue weighted by atomic mass is 10.0. The van der Waals surface area contributed by atoms with E-state index in [1.54, 1.807) is 12.4 Å². The molecule has 0 unspecified atom stereocenters. The highest BCUT2D eigenvalue weighted by Crippen LogP contribution is 2.25. The second-order valence-corrected chi connectivity index (χ2v) is 6.10. The van der Waals surface area contributed by atoms with Crippen molar-refractivity contribution in [2.45, 2.75) is 26.7 Å². The topological polar surface area (TPSA) is 46.1 Å². The molecule has 1 aromatic carbocycles. The number of aromatic nitrogens is 2. The van der Waals surface area contributed by atoms with Crippen LogP contribution < -0.4 is 0 Å². The largest absolute Gasteiger partial charge is 0.339 e. The Bertz CT molecular complexity index is 855. The van der Waals surface area contributed by atoms with Crippen LogP contribution in [0.5, 0.6) is 0 Å². The van der Waals surface area contributed by atoms with Crippen molar-refractivity contribution in [2.75, 3.05) is 13.1 Å². The fraction of sp³-hybridized carbons (Fsp3) is 0.286. The normalized spacial score (nSPS) is 10.8. The van der Waals surface area contributed by atoms with Crippen LogP contribution in [-0.4, -0.2) is 33.9 Å². The first-order valence-electron chi connectivity index (χ1n) is 8.84. The number of carbonyl (C=O) groups excluding carboxylic acids is 1. The van der Waals surface area contributed by atoms with Gasteiger partial charge in [-0.3, -0.25) is 9.78 Å². The van der Waals surface area contributed by atoms with Gasteiger partial charge in [-0.05, 0) is 37.1 Å². The molecule has 3 aromatic rings. The maximum Gasteiger partial charge on any atom is 0.254 e. The molecule has 0 N–H and O–H groups in total. The lowest BCUT2D eigenvalue weighted by Crippen LogP contribution is -2.32. The maximum absolute atomic E-state index is 13.2. The van der Waals surface area contributed by atoms with Gasteiger partial charge in [-0.2, -0.15) is 0 Å². The molecular weight excluding hydrogens is 310 g/mol. The lowest BCUT2D eigenvalue weighted by molar-refractivity contribution is 0.0757. The molecule has 4 nitrogen and oxygen atoms in total. The third-order valence-corrected chi connectivity index (χ3v) is 4.20.